The van der Waals surface area contributed by atoms with E-state index in [1.54, 1.807) is 6.92 Å². The summed E-state index contributed by atoms with van der Waals surface area (Å²) in [5.41, 5.74) is 0.389. The Morgan fingerprint density at radius 1 is 1.60 bits per heavy atom. The molecule has 0 amide bonds. The molecule has 0 rings (SSSR count). The molecular weight excluding hydrogens is 196 g/mol. The molecule has 0 aromatic rings. The van der Waals surface area contributed by atoms with Crippen LogP contribution in [-0.4, -0.2) is 32.5 Å². The highest BCUT2D eigenvalue weighted by atomic mass is 16.5. The minimum absolute atomic E-state index is 0. The first-order chi connectivity index (χ1) is 7.18. The normalized spacial score (nSPS) is 9.33. The maximum Gasteiger partial charge on any atom is 0.333 e. The second kappa shape index (κ2) is 9.19. The van der Waals surface area contributed by atoms with Gasteiger partial charge in [-0.15, -0.1) is 0 Å². The van der Waals surface area contributed by atoms with E-state index in [4.69, 9.17) is 14.7 Å². The van der Waals surface area contributed by atoms with E-state index in [0.29, 0.717) is 31.9 Å². The number of carbonyl (C=O) groups excluding carboxylic acids is 1. The number of nitrogens with zero attached hydrogens (tertiary/aromatic N) is 1. The van der Waals surface area contributed by atoms with Gasteiger partial charge in [-0.05, 0) is 6.92 Å². The van der Waals surface area contributed by atoms with Crippen molar-refractivity contribution < 1.29 is 15.7 Å². The Morgan fingerprint density at radius 2 is 2.33 bits per heavy atom. The molecule has 0 radical (unpaired) electrons. The molecular formula is C10H18N2O3. The summed E-state index contributed by atoms with van der Waals surface area (Å²) in [4.78, 5) is 10.9. The molecule has 0 aliphatic rings. The second-order valence-corrected chi connectivity index (χ2v) is 2.88. The summed E-state index contributed by atoms with van der Waals surface area (Å²) in [6.45, 7) is 6.62. The SMILES string of the molecule is C=C(C)C(=O)OCCNCOCCC#N.[HH]. The van der Waals surface area contributed by atoms with Gasteiger partial charge in [0.2, 0.25) is 0 Å². The van der Waals surface area contributed by atoms with Crippen LogP contribution in [0.15, 0.2) is 12.2 Å². The zero-order valence-electron chi connectivity index (χ0n) is 8.91. The molecule has 0 bridgehead atoms. The number of hydrogen-bond acceptors (Lipinski definition) is 5. The van der Waals surface area contributed by atoms with Crippen LogP contribution < -0.4 is 5.32 Å². The summed E-state index contributed by atoms with van der Waals surface area (Å²) in [5, 5.41) is 11.1. The number of rotatable bonds is 8. The van der Waals surface area contributed by atoms with Crippen molar-refractivity contribution >= 4 is 5.97 Å². The van der Waals surface area contributed by atoms with E-state index < -0.39 is 0 Å². The van der Waals surface area contributed by atoms with Crippen LogP contribution >= 0.6 is 0 Å². The minimum Gasteiger partial charge on any atom is -0.461 e. The summed E-state index contributed by atoms with van der Waals surface area (Å²) in [6, 6.07) is 1.97. The van der Waals surface area contributed by atoms with Gasteiger partial charge >= 0.3 is 5.97 Å². The highest BCUT2D eigenvalue weighted by Crippen LogP contribution is 1.90. The predicted molar refractivity (Wildman–Crippen MR) is 56.9 cm³/mol. The van der Waals surface area contributed by atoms with Crippen LogP contribution in [0.2, 0.25) is 0 Å². The Hall–Kier alpha value is -1.38. The van der Waals surface area contributed by atoms with E-state index in [1.165, 1.54) is 0 Å². The van der Waals surface area contributed by atoms with Gasteiger partial charge in [0, 0.05) is 13.5 Å². The van der Waals surface area contributed by atoms with Crippen LogP contribution in [0.3, 0.4) is 0 Å². The van der Waals surface area contributed by atoms with Gasteiger partial charge in [-0.25, -0.2) is 4.79 Å². The fraction of sp³-hybridized carbons (Fsp3) is 0.600. The highest BCUT2D eigenvalue weighted by Gasteiger charge is 2.01. The molecule has 0 aromatic heterocycles. The van der Waals surface area contributed by atoms with Crippen molar-refractivity contribution in [1.82, 2.24) is 5.32 Å². The van der Waals surface area contributed by atoms with Crippen molar-refractivity contribution in [1.29, 1.82) is 5.26 Å². The topological polar surface area (TPSA) is 71.3 Å². The van der Waals surface area contributed by atoms with Gasteiger partial charge in [-0.1, -0.05) is 6.58 Å². The molecule has 0 fully saturated rings. The Balaban J connectivity index is 0. The number of carbonyl (C=O) groups is 1. The third-order valence-electron chi connectivity index (χ3n) is 1.42. The van der Waals surface area contributed by atoms with Crippen molar-refractivity contribution in [3.63, 3.8) is 0 Å². The van der Waals surface area contributed by atoms with Crippen LogP contribution in [0.1, 0.15) is 14.8 Å². The number of nitriles is 1. The average Bonchev–Trinajstić information content (AvgIpc) is 2.21. The fourth-order valence-electron chi connectivity index (χ4n) is 0.673. The fourth-order valence-corrected chi connectivity index (χ4v) is 0.673. The molecule has 86 valence electrons. The van der Waals surface area contributed by atoms with Crippen LogP contribution in [0, 0.1) is 11.3 Å². The maximum absolute atomic E-state index is 10.9. The molecule has 1 N–H and O–H groups in total. The Bertz CT molecular complexity index is 251. The van der Waals surface area contributed by atoms with E-state index in [-0.39, 0.29) is 14.0 Å². The Labute approximate surface area is 91.1 Å². The third kappa shape index (κ3) is 8.94. The molecule has 0 heterocycles. The van der Waals surface area contributed by atoms with E-state index in [2.05, 4.69) is 11.9 Å². The van der Waals surface area contributed by atoms with Gasteiger partial charge in [0.05, 0.1) is 25.8 Å². The van der Waals surface area contributed by atoms with E-state index in [9.17, 15) is 4.79 Å². The molecule has 0 unspecified atom stereocenters. The summed E-state index contributed by atoms with van der Waals surface area (Å²) >= 11 is 0. The van der Waals surface area contributed by atoms with Crippen molar-refractivity contribution in [3.05, 3.63) is 12.2 Å². The lowest BCUT2D eigenvalue weighted by molar-refractivity contribution is -0.138. The van der Waals surface area contributed by atoms with Crippen LogP contribution in [0.25, 0.3) is 0 Å². The van der Waals surface area contributed by atoms with Gasteiger partial charge < -0.3 is 9.47 Å². The molecule has 5 nitrogen and oxygen atoms in total. The van der Waals surface area contributed by atoms with Gasteiger partial charge in [0.25, 0.3) is 0 Å². The van der Waals surface area contributed by atoms with Gasteiger partial charge in [-0.2, -0.15) is 5.26 Å². The van der Waals surface area contributed by atoms with Crippen molar-refractivity contribution in [2.75, 3.05) is 26.5 Å². The van der Waals surface area contributed by atoms with Crippen LogP contribution in [0.4, 0.5) is 0 Å². The van der Waals surface area contributed by atoms with Gasteiger partial charge in [-0.3, -0.25) is 5.32 Å². The molecule has 15 heavy (non-hydrogen) atoms. The van der Waals surface area contributed by atoms with Crippen molar-refractivity contribution in [2.45, 2.75) is 13.3 Å². The molecule has 0 atom stereocenters. The number of ether oxygens (including phenoxy) is 2. The zero-order valence-corrected chi connectivity index (χ0v) is 8.91. The van der Waals surface area contributed by atoms with Crippen LogP contribution in [0.5, 0.6) is 0 Å². The maximum atomic E-state index is 10.9. The average molecular weight is 214 g/mol. The third-order valence-corrected chi connectivity index (χ3v) is 1.42. The van der Waals surface area contributed by atoms with E-state index in [1.807, 2.05) is 6.07 Å². The van der Waals surface area contributed by atoms with E-state index in [0.717, 1.165) is 0 Å². The standard InChI is InChI=1S/C10H16N2O3.H2/c1-9(2)10(13)15-7-5-12-8-14-6-3-4-11;/h12H,1,3,5-8H2,2H3;1H. The minimum atomic E-state index is -0.387. The number of hydrogen-bond donors (Lipinski definition) is 1. The first-order valence-corrected chi connectivity index (χ1v) is 4.66. The van der Waals surface area contributed by atoms with E-state index >= 15 is 0 Å². The highest BCUT2D eigenvalue weighted by molar-refractivity contribution is 5.86. The Morgan fingerprint density at radius 3 is 2.93 bits per heavy atom. The summed E-state index contributed by atoms with van der Waals surface area (Å²) < 4.78 is 9.86. The molecule has 0 aromatic carbocycles. The number of esters is 1. The molecule has 5 heteroatoms. The number of nitrogens with one attached hydrogen (secondary N) is 1. The lowest BCUT2D eigenvalue weighted by Crippen LogP contribution is -2.24. The molecule has 0 saturated carbocycles. The first-order valence-electron chi connectivity index (χ1n) is 4.66. The smallest absolute Gasteiger partial charge is 0.333 e. The Kier molecular flexibility index (Phi) is 8.34. The second-order valence-electron chi connectivity index (χ2n) is 2.88. The monoisotopic (exact) mass is 214 g/mol. The molecule has 0 spiro atoms. The quantitative estimate of drug-likeness (QED) is 0.280. The van der Waals surface area contributed by atoms with Crippen LogP contribution in [-0.2, 0) is 14.3 Å². The lowest BCUT2D eigenvalue weighted by atomic mass is 10.4. The molecule has 0 saturated heterocycles. The molecule has 0 aliphatic carbocycles. The summed E-state index contributed by atoms with van der Waals surface area (Å²) in [6.07, 6.45) is 0.381. The van der Waals surface area contributed by atoms with Crippen molar-refractivity contribution in [2.24, 2.45) is 0 Å². The first kappa shape index (κ1) is 13.6. The lowest BCUT2D eigenvalue weighted by Gasteiger charge is -2.06. The zero-order chi connectivity index (χ0) is 11.5. The van der Waals surface area contributed by atoms with Gasteiger partial charge in [0.15, 0.2) is 0 Å². The summed E-state index contributed by atoms with van der Waals surface area (Å²) in [5.74, 6) is -0.387. The summed E-state index contributed by atoms with van der Waals surface area (Å²) in [7, 11) is 0. The largest absolute Gasteiger partial charge is 0.461 e. The van der Waals surface area contributed by atoms with Crippen molar-refractivity contribution in [3.8, 4) is 6.07 Å². The molecule has 0 aliphatic heterocycles. The van der Waals surface area contributed by atoms with Gasteiger partial charge in [0.1, 0.15) is 6.61 Å². The predicted octanol–water partition coefficient (Wildman–Crippen LogP) is 0.829.